The fraction of sp³-hybridized carbons (Fsp3) is 0.429. The lowest BCUT2D eigenvalue weighted by Gasteiger charge is -2.36. The molecule has 1 N–H and O–H groups in total. The first-order chi connectivity index (χ1) is 11.0. The van der Waals surface area contributed by atoms with E-state index < -0.39 is 0 Å². The van der Waals surface area contributed by atoms with Gasteiger partial charge in [0.1, 0.15) is 5.82 Å². The molecule has 2 rings (SSSR count). The highest BCUT2D eigenvalue weighted by molar-refractivity contribution is 5.42. The number of fused-ring (bicyclic) bond motifs is 1. The van der Waals surface area contributed by atoms with Crippen LogP contribution in [-0.2, 0) is 0 Å². The molecule has 124 valence electrons. The third-order valence-corrected chi connectivity index (χ3v) is 5.06. The van der Waals surface area contributed by atoms with Crippen molar-refractivity contribution in [2.45, 2.75) is 33.6 Å². The van der Waals surface area contributed by atoms with Crippen molar-refractivity contribution < 1.29 is 0 Å². The Labute approximate surface area is 141 Å². The van der Waals surface area contributed by atoms with Crippen molar-refractivity contribution in [3.8, 4) is 0 Å². The first-order valence-electron chi connectivity index (χ1n) is 8.55. The summed E-state index contributed by atoms with van der Waals surface area (Å²) in [6.45, 7) is 10.6. The van der Waals surface area contributed by atoms with Gasteiger partial charge in [-0.15, -0.1) is 0 Å². The summed E-state index contributed by atoms with van der Waals surface area (Å²) in [5, 5.41) is 3.35. The second-order valence-electron chi connectivity index (χ2n) is 6.40. The minimum absolute atomic E-state index is 0.521. The summed E-state index contributed by atoms with van der Waals surface area (Å²) in [5.74, 6) is 2.21. The highest BCUT2D eigenvalue weighted by atomic mass is 15.2. The molecule has 0 saturated heterocycles. The quantitative estimate of drug-likeness (QED) is 0.724. The fourth-order valence-electron chi connectivity index (χ4n) is 3.87. The summed E-state index contributed by atoms with van der Waals surface area (Å²) < 4.78 is 0. The van der Waals surface area contributed by atoms with Crippen molar-refractivity contribution >= 4 is 0 Å². The van der Waals surface area contributed by atoms with Crippen LogP contribution < -0.4 is 5.32 Å². The molecule has 0 radical (unpaired) electrons. The Morgan fingerprint density at radius 1 is 1.43 bits per heavy atom. The minimum Gasteiger partial charge on any atom is -0.374 e. The van der Waals surface area contributed by atoms with Gasteiger partial charge in [0.25, 0.3) is 0 Å². The molecular weight excluding hydrogens is 280 g/mol. The monoisotopic (exact) mass is 310 g/mol. The average Bonchev–Trinajstić information content (AvgIpc) is 2.71. The molecule has 2 nitrogen and oxygen atoms in total. The standard InChI is InChI=1S/C21H30N2/c1-7-15(3)21(22-5)23(6)20-16(4)13-14-17-11-9-10-12-19(17)18(20)8-2/h7,9-11,13-14,18-19,22H,1,8,12H2,2-6H3/b21-15+. The summed E-state index contributed by atoms with van der Waals surface area (Å²) in [6.07, 6.45) is 15.5. The molecular formula is C21H30N2. The zero-order valence-corrected chi connectivity index (χ0v) is 15.2. The van der Waals surface area contributed by atoms with E-state index in [0.29, 0.717) is 11.8 Å². The van der Waals surface area contributed by atoms with Gasteiger partial charge >= 0.3 is 0 Å². The summed E-state index contributed by atoms with van der Waals surface area (Å²) in [4.78, 5) is 2.33. The van der Waals surface area contributed by atoms with Crippen LogP contribution in [0.1, 0.15) is 33.6 Å². The van der Waals surface area contributed by atoms with Crippen LogP contribution in [0.15, 0.2) is 71.3 Å². The number of rotatable bonds is 5. The number of nitrogens with one attached hydrogen (secondary N) is 1. The van der Waals surface area contributed by atoms with E-state index in [2.05, 4.69) is 75.0 Å². The van der Waals surface area contributed by atoms with E-state index in [9.17, 15) is 0 Å². The fourth-order valence-corrected chi connectivity index (χ4v) is 3.87. The van der Waals surface area contributed by atoms with Crippen LogP contribution >= 0.6 is 0 Å². The molecule has 0 saturated carbocycles. The van der Waals surface area contributed by atoms with Crippen molar-refractivity contribution in [2.75, 3.05) is 14.1 Å². The van der Waals surface area contributed by atoms with Gasteiger partial charge in [0, 0.05) is 25.7 Å². The molecule has 0 aliphatic heterocycles. The molecule has 0 bridgehead atoms. The van der Waals surface area contributed by atoms with E-state index in [1.54, 1.807) is 0 Å². The molecule has 2 aliphatic rings. The van der Waals surface area contributed by atoms with Crippen LogP contribution in [0.4, 0.5) is 0 Å². The summed E-state index contributed by atoms with van der Waals surface area (Å²) >= 11 is 0. The lowest BCUT2D eigenvalue weighted by atomic mass is 9.78. The highest BCUT2D eigenvalue weighted by Gasteiger charge is 2.31. The predicted molar refractivity (Wildman–Crippen MR) is 101 cm³/mol. The maximum absolute atomic E-state index is 3.93. The maximum Gasteiger partial charge on any atom is 0.108 e. The van der Waals surface area contributed by atoms with Gasteiger partial charge in [0.05, 0.1) is 0 Å². The van der Waals surface area contributed by atoms with E-state index in [-0.39, 0.29) is 0 Å². The SMILES string of the molecule is C=C/C(C)=C(\NC)N(C)C1=C(C)C=CC2=CC=CCC2C1CC. The van der Waals surface area contributed by atoms with Gasteiger partial charge in [-0.1, -0.05) is 50.0 Å². The molecule has 0 aromatic heterocycles. The van der Waals surface area contributed by atoms with Crippen molar-refractivity contribution in [3.05, 3.63) is 71.3 Å². The Kier molecular flexibility index (Phi) is 5.70. The molecule has 2 heteroatoms. The topological polar surface area (TPSA) is 15.3 Å². The van der Waals surface area contributed by atoms with Gasteiger partial charge < -0.3 is 10.2 Å². The molecule has 2 unspecified atom stereocenters. The van der Waals surface area contributed by atoms with E-state index >= 15 is 0 Å². The third-order valence-electron chi connectivity index (χ3n) is 5.06. The predicted octanol–water partition coefficient (Wildman–Crippen LogP) is 4.93. The number of nitrogens with zero attached hydrogens (tertiary/aromatic N) is 1. The molecule has 0 fully saturated rings. The van der Waals surface area contributed by atoms with Crippen LogP contribution in [0.25, 0.3) is 0 Å². The molecule has 23 heavy (non-hydrogen) atoms. The molecule has 0 aromatic rings. The van der Waals surface area contributed by atoms with Crippen molar-refractivity contribution in [1.82, 2.24) is 10.2 Å². The van der Waals surface area contributed by atoms with E-state index in [0.717, 1.165) is 24.2 Å². The second-order valence-corrected chi connectivity index (χ2v) is 6.40. The Morgan fingerprint density at radius 2 is 2.17 bits per heavy atom. The minimum atomic E-state index is 0.521. The van der Waals surface area contributed by atoms with Crippen molar-refractivity contribution in [1.29, 1.82) is 0 Å². The van der Waals surface area contributed by atoms with E-state index in [1.807, 2.05) is 13.1 Å². The summed E-state index contributed by atoms with van der Waals surface area (Å²) in [6, 6.07) is 0. The van der Waals surface area contributed by atoms with Gasteiger partial charge in [-0.2, -0.15) is 0 Å². The van der Waals surface area contributed by atoms with Crippen LogP contribution in [0, 0.1) is 11.8 Å². The Morgan fingerprint density at radius 3 is 2.78 bits per heavy atom. The summed E-state index contributed by atoms with van der Waals surface area (Å²) in [5.41, 5.74) is 5.38. The largest absolute Gasteiger partial charge is 0.374 e. The van der Waals surface area contributed by atoms with Gasteiger partial charge in [0.2, 0.25) is 0 Å². The van der Waals surface area contributed by atoms with E-state index in [4.69, 9.17) is 0 Å². The lowest BCUT2D eigenvalue weighted by molar-refractivity contribution is 0.329. The van der Waals surface area contributed by atoms with Crippen LogP contribution in [0.2, 0.25) is 0 Å². The van der Waals surface area contributed by atoms with Crippen LogP contribution in [-0.4, -0.2) is 19.0 Å². The molecule has 0 spiro atoms. The van der Waals surface area contributed by atoms with Crippen molar-refractivity contribution in [3.63, 3.8) is 0 Å². The molecule has 0 amide bonds. The highest BCUT2D eigenvalue weighted by Crippen LogP contribution is 2.41. The lowest BCUT2D eigenvalue weighted by Crippen LogP contribution is -2.33. The smallest absolute Gasteiger partial charge is 0.108 e. The number of hydrogen-bond acceptors (Lipinski definition) is 2. The first-order valence-corrected chi connectivity index (χ1v) is 8.55. The van der Waals surface area contributed by atoms with Crippen LogP contribution in [0.5, 0.6) is 0 Å². The maximum atomic E-state index is 3.93. The van der Waals surface area contributed by atoms with Crippen molar-refractivity contribution in [2.24, 2.45) is 11.8 Å². The zero-order chi connectivity index (χ0) is 17.0. The Balaban J connectivity index is 2.50. The Bertz CT molecular complexity index is 614. The van der Waals surface area contributed by atoms with Gasteiger partial charge in [0.15, 0.2) is 0 Å². The van der Waals surface area contributed by atoms with E-state index in [1.165, 1.54) is 16.8 Å². The van der Waals surface area contributed by atoms with Gasteiger partial charge in [-0.05, 0) is 49.3 Å². The summed E-state index contributed by atoms with van der Waals surface area (Å²) in [7, 11) is 4.15. The molecule has 2 atom stereocenters. The third kappa shape index (κ3) is 3.36. The zero-order valence-electron chi connectivity index (χ0n) is 15.2. The molecule has 2 aliphatic carbocycles. The van der Waals surface area contributed by atoms with Gasteiger partial charge in [-0.25, -0.2) is 0 Å². The number of allylic oxidation sites excluding steroid dienone is 10. The van der Waals surface area contributed by atoms with Gasteiger partial charge in [-0.3, -0.25) is 0 Å². The van der Waals surface area contributed by atoms with Crippen LogP contribution in [0.3, 0.4) is 0 Å². The average molecular weight is 310 g/mol. The number of hydrogen-bond donors (Lipinski definition) is 1. The Hall–Kier alpha value is -1.96. The molecule has 0 heterocycles. The second kappa shape index (κ2) is 7.54. The normalized spacial score (nSPS) is 24.5. The first kappa shape index (κ1) is 17.4. The molecule has 0 aromatic carbocycles.